The Morgan fingerprint density at radius 2 is 1.81 bits per heavy atom. The van der Waals surface area contributed by atoms with Gasteiger partial charge in [-0.2, -0.15) is 0 Å². The van der Waals surface area contributed by atoms with Crippen LogP contribution in [0.2, 0.25) is 0 Å². The normalized spacial score (nSPS) is 11.9. The molecule has 5 heteroatoms. The van der Waals surface area contributed by atoms with Crippen LogP contribution in [-0.4, -0.2) is 28.1 Å². The maximum absolute atomic E-state index is 12.4. The topological polar surface area (TPSA) is 86.8 Å². The number of phenolic OH excluding ortho intramolecular Hbond substituents is 2. The van der Waals surface area contributed by atoms with E-state index in [2.05, 4.69) is 0 Å². The van der Waals surface area contributed by atoms with Gasteiger partial charge in [0.1, 0.15) is 11.5 Å². The van der Waals surface area contributed by atoms with Gasteiger partial charge >= 0.3 is 0 Å². The molecule has 0 bridgehead atoms. The lowest BCUT2D eigenvalue weighted by molar-refractivity contribution is 0.0741. The van der Waals surface area contributed by atoms with Gasteiger partial charge in [0.25, 0.3) is 5.91 Å². The minimum Gasteiger partial charge on any atom is -0.508 e. The van der Waals surface area contributed by atoms with Crippen molar-refractivity contribution in [3.63, 3.8) is 0 Å². The number of anilines is 1. The fraction of sp³-hybridized carbons (Fsp3) is 0.188. The molecule has 0 aliphatic carbocycles. The van der Waals surface area contributed by atoms with Crippen LogP contribution in [0, 0.1) is 0 Å². The Morgan fingerprint density at radius 1 is 1.14 bits per heavy atom. The van der Waals surface area contributed by atoms with E-state index in [1.54, 1.807) is 37.4 Å². The Morgan fingerprint density at radius 3 is 2.43 bits per heavy atom. The molecule has 0 fully saturated rings. The zero-order valence-electron chi connectivity index (χ0n) is 11.9. The Labute approximate surface area is 123 Å². The highest BCUT2D eigenvalue weighted by atomic mass is 16.3. The van der Waals surface area contributed by atoms with E-state index in [9.17, 15) is 15.0 Å². The number of carbonyl (C=O) groups excluding carboxylic acids is 1. The number of aromatic hydroxyl groups is 2. The van der Waals surface area contributed by atoms with Crippen LogP contribution in [0.1, 0.15) is 28.9 Å². The molecule has 1 unspecified atom stereocenters. The van der Waals surface area contributed by atoms with Gasteiger partial charge < -0.3 is 20.8 Å². The Hall–Kier alpha value is -2.69. The molecular weight excluding hydrogens is 268 g/mol. The summed E-state index contributed by atoms with van der Waals surface area (Å²) < 4.78 is 0. The van der Waals surface area contributed by atoms with Gasteiger partial charge in [0.2, 0.25) is 0 Å². The molecular formula is C16H18N2O3. The summed E-state index contributed by atoms with van der Waals surface area (Å²) in [6, 6.07) is 11.0. The largest absolute Gasteiger partial charge is 0.508 e. The number of phenols is 2. The smallest absolute Gasteiger partial charge is 0.254 e. The van der Waals surface area contributed by atoms with Crippen molar-refractivity contribution in [1.82, 2.24) is 4.90 Å². The quantitative estimate of drug-likeness (QED) is 0.597. The number of nitrogen functional groups attached to an aromatic ring is 1. The van der Waals surface area contributed by atoms with Crippen molar-refractivity contribution in [2.24, 2.45) is 0 Å². The third kappa shape index (κ3) is 2.91. The molecule has 0 radical (unpaired) electrons. The molecule has 0 heterocycles. The highest BCUT2D eigenvalue weighted by molar-refractivity contribution is 5.95. The minimum absolute atomic E-state index is 0.121. The standard InChI is InChI=1S/C16H18N2O3/c1-10(12-5-3-4-6-14(12)19)18(2)16(21)11-7-8-13(17)15(20)9-11/h3-10,19-20H,17H2,1-2H3. The highest BCUT2D eigenvalue weighted by Gasteiger charge is 2.21. The van der Waals surface area contributed by atoms with Crippen LogP contribution in [-0.2, 0) is 0 Å². The maximum atomic E-state index is 12.4. The molecule has 110 valence electrons. The van der Waals surface area contributed by atoms with Crippen molar-refractivity contribution in [1.29, 1.82) is 0 Å². The summed E-state index contributed by atoms with van der Waals surface area (Å²) in [4.78, 5) is 13.9. The number of para-hydroxylation sites is 1. The van der Waals surface area contributed by atoms with Gasteiger partial charge in [-0.15, -0.1) is 0 Å². The lowest BCUT2D eigenvalue weighted by atomic mass is 10.0. The number of nitrogens with zero attached hydrogens (tertiary/aromatic N) is 1. The predicted octanol–water partition coefficient (Wildman–Crippen LogP) is 2.51. The molecule has 1 atom stereocenters. The molecule has 0 aliphatic rings. The van der Waals surface area contributed by atoms with Crippen LogP contribution in [0.15, 0.2) is 42.5 Å². The summed E-state index contributed by atoms with van der Waals surface area (Å²) in [5.74, 6) is -0.240. The van der Waals surface area contributed by atoms with Crippen LogP contribution < -0.4 is 5.73 Å². The average Bonchev–Trinajstić information content (AvgIpc) is 2.48. The summed E-state index contributed by atoms with van der Waals surface area (Å²) in [5, 5.41) is 19.5. The second-order valence-corrected chi connectivity index (χ2v) is 4.92. The Bertz CT molecular complexity index is 670. The first-order valence-corrected chi connectivity index (χ1v) is 6.55. The van der Waals surface area contributed by atoms with Gasteiger partial charge in [-0.1, -0.05) is 18.2 Å². The van der Waals surface area contributed by atoms with E-state index in [1.807, 2.05) is 6.92 Å². The van der Waals surface area contributed by atoms with Gasteiger partial charge in [-0.05, 0) is 31.2 Å². The van der Waals surface area contributed by atoms with E-state index in [4.69, 9.17) is 5.73 Å². The first-order chi connectivity index (χ1) is 9.91. The van der Waals surface area contributed by atoms with Crippen LogP contribution >= 0.6 is 0 Å². The lowest BCUT2D eigenvalue weighted by Crippen LogP contribution is -2.29. The summed E-state index contributed by atoms with van der Waals surface area (Å²) in [6.45, 7) is 1.82. The van der Waals surface area contributed by atoms with Crippen LogP contribution in [0.4, 0.5) is 5.69 Å². The number of rotatable bonds is 3. The molecule has 5 nitrogen and oxygen atoms in total. The summed E-state index contributed by atoms with van der Waals surface area (Å²) in [5.41, 5.74) is 6.75. The van der Waals surface area contributed by atoms with Gasteiger partial charge in [0, 0.05) is 18.2 Å². The fourth-order valence-electron chi connectivity index (χ4n) is 2.11. The average molecular weight is 286 g/mol. The molecule has 0 saturated carbocycles. The van der Waals surface area contributed by atoms with Crippen molar-refractivity contribution < 1.29 is 15.0 Å². The van der Waals surface area contributed by atoms with Gasteiger partial charge in [0.15, 0.2) is 0 Å². The zero-order chi connectivity index (χ0) is 15.6. The molecule has 2 aromatic rings. The predicted molar refractivity (Wildman–Crippen MR) is 81.1 cm³/mol. The monoisotopic (exact) mass is 286 g/mol. The van der Waals surface area contributed by atoms with Crippen LogP contribution in [0.3, 0.4) is 0 Å². The molecule has 1 amide bonds. The van der Waals surface area contributed by atoms with Crippen molar-refractivity contribution in [2.75, 3.05) is 12.8 Å². The molecule has 2 aromatic carbocycles. The minimum atomic E-state index is -0.307. The Kier molecular flexibility index (Phi) is 4.03. The summed E-state index contributed by atoms with van der Waals surface area (Å²) >= 11 is 0. The number of benzene rings is 2. The fourth-order valence-corrected chi connectivity index (χ4v) is 2.11. The van der Waals surface area contributed by atoms with E-state index >= 15 is 0 Å². The molecule has 0 aromatic heterocycles. The first-order valence-electron chi connectivity index (χ1n) is 6.55. The molecule has 0 spiro atoms. The molecule has 0 saturated heterocycles. The molecule has 0 aliphatic heterocycles. The molecule has 21 heavy (non-hydrogen) atoms. The van der Waals surface area contributed by atoms with E-state index in [0.717, 1.165) is 0 Å². The maximum Gasteiger partial charge on any atom is 0.254 e. The lowest BCUT2D eigenvalue weighted by Gasteiger charge is -2.26. The number of hydrogen-bond acceptors (Lipinski definition) is 4. The highest BCUT2D eigenvalue weighted by Crippen LogP contribution is 2.29. The second-order valence-electron chi connectivity index (χ2n) is 4.92. The van der Waals surface area contributed by atoms with Crippen molar-refractivity contribution in [3.8, 4) is 11.5 Å². The second kappa shape index (κ2) is 5.75. The van der Waals surface area contributed by atoms with Crippen molar-refractivity contribution in [3.05, 3.63) is 53.6 Å². The van der Waals surface area contributed by atoms with E-state index in [0.29, 0.717) is 11.1 Å². The zero-order valence-corrected chi connectivity index (χ0v) is 11.9. The van der Waals surface area contributed by atoms with Gasteiger partial charge in [0.05, 0.1) is 11.7 Å². The molecule has 2 rings (SSSR count). The van der Waals surface area contributed by atoms with Crippen molar-refractivity contribution >= 4 is 11.6 Å². The SMILES string of the molecule is CC(c1ccccc1O)N(C)C(=O)c1ccc(N)c(O)c1. The van der Waals surface area contributed by atoms with E-state index in [1.165, 1.54) is 17.0 Å². The summed E-state index contributed by atoms with van der Waals surface area (Å²) in [7, 11) is 1.65. The number of carbonyl (C=O) groups is 1. The summed E-state index contributed by atoms with van der Waals surface area (Å²) in [6.07, 6.45) is 0. The van der Waals surface area contributed by atoms with Gasteiger partial charge in [-0.3, -0.25) is 4.79 Å². The third-order valence-corrected chi connectivity index (χ3v) is 3.57. The Balaban J connectivity index is 2.26. The first kappa shape index (κ1) is 14.7. The van der Waals surface area contributed by atoms with E-state index in [-0.39, 0.29) is 29.1 Å². The van der Waals surface area contributed by atoms with Crippen molar-refractivity contribution in [2.45, 2.75) is 13.0 Å². The molecule has 4 N–H and O–H groups in total. The van der Waals surface area contributed by atoms with Crippen LogP contribution in [0.25, 0.3) is 0 Å². The number of amides is 1. The number of hydrogen-bond donors (Lipinski definition) is 3. The third-order valence-electron chi connectivity index (χ3n) is 3.57. The van der Waals surface area contributed by atoms with Crippen LogP contribution in [0.5, 0.6) is 11.5 Å². The number of nitrogens with two attached hydrogens (primary N) is 1. The van der Waals surface area contributed by atoms with Gasteiger partial charge in [-0.25, -0.2) is 0 Å². The van der Waals surface area contributed by atoms with E-state index < -0.39 is 0 Å².